The second kappa shape index (κ2) is 7.09. The van der Waals surface area contributed by atoms with Crippen LogP contribution in [0, 0.1) is 0 Å². The second-order valence-electron chi connectivity index (χ2n) is 4.22. The standard InChI is InChI=1S/C13H23N3/c1-3-5-8-11(7-4-2)15-13-10-6-9-12(14)16-13/h6,9-11H,3-5,7-8H2,1-2H3,(H3,14,15,16). The monoisotopic (exact) mass is 221 g/mol. The van der Waals surface area contributed by atoms with Gasteiger partial charge in [0.05, 0.1) is 0 Å². The summed E-state index contributed by atoms with van der Waals surface area (Å²) in [7, 11) is 0. The number of unbranched alkanes of at least 4 members (excludes halogenated alkanes) is 1. The summed E-state index contributed by atoms with van der Waals surface area (Å²) in [5, 5.41) is 3.46. The molecule has 3 nitrogen and oxygen atoms in total. The van der Waals surface area contributed by atoms with Gasteiger partial charge >= 0.3 is 0 Å². The fourth-order valence-electron chi connectivity index (χ4n) is 1.83. The number of aromatic nitrogens is 1. The number of nitrogen functional groups attached to an aromatic ring is 1. The minimum absolute atomic E-state index is 0.527. The summed E-state index contributed by atoms with van der Waals surface area (Å²) in [5.74, 6) is 1.48. The van der Waals surface area contributed by atoms with E-state index in [0.717, 1.165) is 5.82 Å². The molecule has 1 heterocycles. The van der Waals surface area contributed by atoms with Crippen molar-refractivity contribution >= 4 is 11.6 Å². The lowest BCUT2D eigenvalue weighted by Crippen LogP contribution is -2.20. The van der Waals surface area contributed by atoms with Gasteiger partial charge < -0.3 is 11.1 Å². The van der Waals surface area contributed by atoms with Crippen molar-refractivity contribution in [3.63, 3.8) is 0 Å². The molecular formula is C13H23N3. The van der Waals surface area contributed by atoms with Gasteiger partial charge in [0.15, 0.2) is 0 Å². The number of nitrogens with one attached hydrogen (secondary N) is 1. The molecule has 3 heteroatoms. The Morgan fingerprint density at radius 2 is 2.06 bits per heavy atom. The van der Waals surface area contributed by atoms with Crippen LogP contribution in [0.3, 0.4) is 0 Å². The highest BCUT2D eigenvalue weighted by Gasteiger charge is 2.07. The maximum Gasteiger partial charge on any atom is 0.128 e. The summed E-state index contributed by atoms with van der Waals surface area (Å²) in [6, 6.07) is 6.25. The molecule has 1 rings (SSSR count). The van der Waals surface area contributed by atoms with Crippen molar-refractivity contribution in [3.8, 4) is 0 Å². The summed E-state index contributed by atoms with van der Waals surface area (Å²) in [5.41, 5.74) is 5.66. The first-order valence-electron chi connectivity index (χ1n) is 6.25. The largest absolute Gasteiger partial charge is 0.384 e. The Balaban J connectivity index is 2.52. The molecule has 0 bridgehead atoms. The van der Waals surface area contributed by atoms with E-state index in [4.69, 9.17) is 5.73 Å². The van der Waals surface area contributed by atoms with Crippen molar-refractivity contribution in [1.29, 1.82) is 0 Å². The van der Waals surface area contributed by atoms with E-state index < -0.39 is 0 Å². The van der Waals surface area contributed by atoms with E-state index in [-0.39, 0.29) is 0 Å². The Hall–Kier alpha value is -1.25. The van der Waals surface area contributed by atoms with Gasteiger partial charge in [0.25, 0.3) is 0 Å². The van der Waals surface area contributed by atoms with E-state index in [1.807, 2.05) is 18.2 Å². The Kier molecular flexibility index (Phi) is 5.68. The van der Waals surface area contributed by atoms with Crippen LogP contribution in [0.5, 0.6) is 0 Å². The normalized spacial score (nSPS) is 12.4. The smallest absolute Gasteiger partial charge is 0.128 e. The van der Waals surface area contributed by atoms with Gasteiger partial charge in [0.1, 0.15) is 11.6 Å². The lowest BCUT2D eigenvalue weighted by Gasteiger charge is -2.18. The van der Waals surface area contributed by atoms with Crippen molar-refractivity contribution in [2.75, 3.05) is 11.1 Å². The molecule has 0 aliphatic heterocycles. The minimum Gasteiger partial charge on any atom is -0.384 e. The molecule has 1 aromatic rings. The Morgan fingerprint density at radius 3 is 2.69 bits per heavy atom. The van der Waals surface area contributed by atoms with Crippen LogP contribution >= 0.6 is 0 Å². The molecule has 0 spiro atoms. The molecule has 0 aliphatic rings. The van der Waals surface area contributed by atoms with Crippen molar-refractivity contribution < 1.29 is 0 Å². The third-order valence-corrected chi connectivity index (χ3v) is 2.67. The Labute approximate surface area is 98.5 Å². The predicted molar refractivity (Wildman–Crippen MR) is 70.5 cm³/mol. The molecule has 0 amide bonds. The number of nitrogens with two attached hydrogens (primary N) is 1. The fourth-order valence-corrected chi connectivity index (χ4v) is 1.83. The fraction of sp³-hybridized carbons (Fsp3) is 0.615. The number of pyridine rings is 1. The van der Waals surface area contributed by atoms with Gasteiger partial charge in [0, 0.05) is 6.04 Å². The van der Waals surface area contributed by atoms with Crippen molar-refractivity contribution in [3.05, 3.63) is 18.2 Å². The molecule has 3 N–H and O–H groups in total. The quantitative estimate of drug-likeness (QED) is 0.741. The van der Waals surface area contributed by atoms with Crippen LogP contribution in [-0.4, -0.2) is 11.0 Å². The Morgan fingerprint density at radius 1 is 1.25 bits per heavy atom. The first-order valence-corrected chi connectivity index (χ1v) is 6.25. The summed E-state index contributed by atoms with van der Waals surface area (Å²) < 4.78 is 0. The molecule has 0 saturated heterocycles. The first kappa shape index (κ1) is 12.8. The van der Waals surface area contributed by atoms with Gasteiger partial charge in [-0.1, -0.05) is 39.2 Å². The van der Waals surface area contributed by atoms with Gasteiger partial charge in [-0.3, -0.25) is 0 Å². The lowest BCUT2D eigenvalue weighted by molar-refractivity contribution is 0.563. The van der Waals surface area contributed by atoms with Crippen molar-refractivity contribution in [2.24, 2.45) is 0 Å². The molecule has 1 atom stereocenters. The minimum atomic E-state index is 0.527. The van der Waals surface area contributed by atoms with E-state index in [1.54, 1.807) is 0 Å². The molecule has 0 aromatic carbocycles. The van der Waals surface area contributed by atoms with Crippen LogP contribution in [0.1, 0.15) is 46.0 Å². The highest BCUT2D eigenvalue weighted by molar-refractivity contribution is 5.42. The Bertz CT molecular complexity index is 299. The number of hydrogen-bond acceptors (Lipinski definition) is 3. The van der Waals surface area contributed by atoms with E-state index >= 15 is 0 Å². The first-order chi connectivity index (χ1) is 7.76. The van der Waals surface area contributed by atoms with Crippen LogP contribution in [0.4, 0.5) is 11.6 Å². The number of anilines is 2. The van der Waals surface area contributed by atoms with Crippen LogP contribution in [0.25, 0.3) is 0 Å². The van der Waals surface area contributed by atoms with Gasteiger partial charge in [-0.05, 0) is 25.0 Å². The molecular weight excluding hydrogens is 198 g/mol. The third-order valence-electron chi connectivity index (χ3n) is 2.67. The van der Waals surface area contributed by atoms with Gasteiger partial charge in [-0.15, -0.1) is 0 Å². The number of rotatable bonds is 7. The zero-order chi connectivity index (χ0) is 11.8. The molecule has 16 heavy (non-hydrogen) atoms. The average molecular weight is 221 g/mol. The lowest BCUT2D eigenvalue weighted by atomic mass is 10.1. The summed E-state index contributed by atoms with van der Waals surface area (Å²) >= 11 is 0. The average Bonchev–Trinajstić information content (AvgIpc) is 2.26. The summed E-state index contributed by atoms with van der Waals surface area (Å²) in [6.45, 7) is 4.44. The molecule has 0 radical (unpaired) electrons. The molecule has 1 unspecified atom stereocenters. The van der Waals surface area contributed by atoms with Crippen LogP contribution in [0.2, 0.25) is 0 Å². The SMILES string of the molecule is CCCCC(CCC)Nc1cccc(N)n1. The predicted octanol–water partition coefficient (Wildman–Crippen LogP) is 3.43. The highest BCUT2D eigenvalue weighted by atomic mass is 15.0. The summed E-state index contributed by atoms with van der Waals surface area (Å²) in [6.07, 6.45) is 6.10. The molecule has 1 aromatic heterocycles. The zero-order valence-corrected chi connectivity index (χ0v) is 10.4. The number of hydrogen-bond donors (Lipinski definition) is 2. The van der Waals surface area contributed by atoms with E-state index in [0.29, 0.717) is 11.9 Å². The topological polar surface area (TPSA) is 50.9 Å². The third kappa shape index (κ3) is 4.51. The van der Waals surface area contributed by atoms with Crippen molar-refractivity contribution in [2.45, 2.75) is 52.0 Å². The maximum atomic E-state index is 5.66. The van der Waals surface area contributed by atoms with Gasteiger partial charge in [-0.2, -0.15) is 0 Å². The molecule has 0 fully saturated rings. The van der Waals surface area contributed by atoms with Gasteiger partial charge in [0.2, 0.25) is 0 Å². The highest BCUT2D eigenvalue weighted by Crippen LogP contribution is 2.14. The van der Waals surface area contributed by atoms with E-state index in [1.165, 1.54) is 32.1 Å². The van der Waals surface area contributed by atoms with Crippen LogP contribution in [0.15, 0.2) is 18.2 Å². The maximum absolute atomic E-state index is 5.66. The van der Waals surface area contributed by atoms with E-state index in [9.17, 15) is 0 Å². The van der Waals surface area contributed by atoms with E-state index in [2.05, 4.69) is 24.1 Å². The van der Waals surface area contributed by atoms with Crippen LogP contribution < -0.4 is 11.1 Å². The molecule has 90 valence electrons. The summed E-state index contributed by atoms with van der Waals surface area (Å²) in [4.78, 5) is 4.27. The zero-order valence-electron chi connectivity index (χ0n) is 10.4. The number of nitrogens with zero attached hydrogens (tertiary/aromatic N) is 1. The molecule has 0 aliphatic carbocycles. The second-order valence-corrected chi connectivity index (χ2v) is 4.22. The van der Waals surface area contributed by atoms with Crippen LogP contribution in [-0.2, 0) is 0 Å². The van der Waals surface area contributed by atoms with Gasteiger partial charge in [-0.25, -0.2) is 4.98 Å². The molecule has 0 saturated carbocycles. The van der Waals surface area contributed by atoms with Crippen molar-refractivity contribution in [1.82, 2.24) is 4.98 Å².